The average Bonchev–Trinajstić information content (AvgIpc) is 2.52. The third-order valence-electron chi connectivity index (χ3n) is 1.42. The van der Waals surface area contributed by atoms with E-state index in [2.05, 4.69) is 5.32 Å². The summed E-state index contributed by atoms with van der Waals surface area (Å²) >= 11 is 12.6. The minimum absolute atomic E-state index is 0.120. The topological polar surface area (TPSA) is 29.1 Å². The Morgan fingerprint density at radius 3 is 2.92 bits per heavy atom. The van der Waals surface area contributed by atoms with Gasteiger partial charge in [-0.2, -0.15) is 0 Å². The van der Waals surface area contributed by atoms with Crippen LogP contribution in [0.3, 0.4) is 0 Å². The number of nitrogens with one attached hydrogen (secondary N) is 1. The molecule has 1 N–H and O–H groups in total. The number of carbonyl (C=O) groups is 1. The number of thiophene rings is 1. The summed E-state index contributed by atoms with van der Waals surface area (Å²) in [6, 6.07) is 1.71. The first-order chi connectivity index (χ1) is 6.25. The van der Waals surface area contributed by atoms with Crippen molar-refractivity contribution >= 4 is 40.4 Å². The average molecular weight is 238 g/mol. The molecule has 1 aromatic heterocycles. The molecule has 0 aliphatic rings. The van der Waals surface area contributed by atoms with E-state index < -0.39 is 0 Å². The van der Waals surface area contributed by atoms with E-state index in [1.54, 1.807) is 11.4 Å². The molecule has 0 saturated carbocycles. The van der Waals surface area contributed by atoms with Crippen molar-refractivity contribution in [2.24, 2.45) is 0 Å². The minimum atomic E-state index is -0.120. The fourth-order valence-corrected chi connectivity index (χ4v) is 2.00. The van der Waals surface area contributed by atoms with Crippen molar-refractivity contribution in [3.63, 3.8) is 0 Å². The number of hydrogen-bond donors (Lipinski definition) is 1. The van der Waals surface area contributed by atoms with Gasteiger partial charge in [0.05, 0.1) is 5.02 Å². The Labute approximate surface area is 90.8 Å². The van der Waals surface area contributed by atoms with Crippen molar-refractivity contribution in [1.29, 1.82) is 0 Å². The Hall–Kier alpha value is -0.250. The highest BCUT2D eigenvalue weighted by molar-refractivity contribution is 7.12. The predicted molar refractivity (Wildman–Crippen MR) is 57.0 cm³/mol. The molecule has 0 unspecified atom stereocenters. The van der Waals surface area contributed by atoms with Crippen LogP contribution in [-0.4, -0.2) is 18.3 Å². The zero-order valence-corrected chi connectivity index (χ0v) is 9.18. The summed E-state index contributed by atoms with van der Waals surface area (Å²) in [6.45, 7) is 0.594. The van der Waals surface area contributed by atoms with Gasteiger partial charge in [0, 0.05) is 12.4 Å². The van der Waals surface area contributed by atoms with Crippen molar-refractivity contribution < 1.29 is 4.79 Å². The minimum Gasteiger partial charge on any atom is -0.351 e. The molecule has 0 spiro atoms. The van der Waals surface area contributed by atoms with Gasteiger partial charge in [0.2, 0.25) is 0 Å². The largest absolute Gasteiger partial charge is 0.351 e. The highest BCUT2D eigenvalue weighted by Gasteiger charge is 2.10. The van der Waals surface area contributed by atoms with Crippen LogP contribution < -0.4 is 5.32 Å². The third kappa shape index (κ3) is 3.18. The van der Waals surface area contributed by atoms with E-state index in [-0.39, 0.29) is 5.91 Å². The molecule has 1 heterocycles. The zero-order chi connectivity index (χ0) is 9.68. The van der Waals surface area contributed by atoms with Gasteiger partial charge in [-0.05, 0) is 17.9 Å². The summed E-state index contributed by atoms with van der Waals surface area (Å²) in [5, 5.41) is 5.03. The van der Waals surface area contributed by atoms with E-state index >= 15 is 0 Å². The Bertz CT molecular complexity index is 287. The predicted octanol–water partition coefficient (Wildman–Crippen LogP) is 2.76. The summed E-state index contributed by atoms with van der Waals surface area (Å²) in [5.74, 6) is 0.434. The zero-order valence-electron chi connectivity index (χ0n) is 6.85. The van der Waals surface area contributed by atoms with Gasteiger partial charge in [-0.25, -0.2) is 0 Å². The molecule has 1 aromatic rings. The maximum atomic E-state index is 11.4. The second-order valence-corrected chi connectivity index (χ2v) is 4.10. The number of alkyl halides is 1. The first-order valence-corrected chi connectivity index (χ1v) is 5.62. The van der Waals surface area contributed by atoms with Crippen LogP contribution in [0.2, 0.25) is 5.02 Å². The summed E-state index contributed by atoms with van der Waals surface area (Å²) in [6.07, 6.45) is 0.774. The fraction of sp³-hybridized carbons (Fsp3) is 0.375. The summed E-state index contributed by atoms with van der Waals surface area (Å²) in [7, 11) is 0. The van der Waals surface area contributed by atoms with Gasteiger partial charge in [0.1, 0.15) is 4.88 Å². The lowest BCUT2D eigenvalue weighted by Crippen LogP contribution is -2.23. The van der Waals surface area contributed by atoms with E-state index in [4.69, 9.17) is 23.2 Å². The van der Waals surface area contributed by atoms with Crippen LogP contribution in [-0.2, 0) is 0 Å². The van der Waals surface area contributed by atoms with Crippen molar-refractivity contribution in [3.8, 4) is 0 Å². The van der Waals surface area contributed by atoms with Crippen molar-refractivity contribution in [3.05, 3.63) is 21.3 Å². The van der Waals surface area contributed by atoms with E-state index in [0.717, 1.165) is 6.42 Å². The molecule has 0 atom stereocenters. The van der Waals surface area contributed by atoms with Crippen LogP contribution >= 0.6 is 34.5 Å². The maximum Gasteiger partial charge on any atom is 0.262 e. The lowest BCUT2D eigenvalue weighted by atomic mass is 10.4. The van der Waals surface area contributed by atoms with Gasteiger partial charge in [-0.1, -0.05) is 11.6 Å². The standard InChI is InChI=1S/C8H9Cl2NOS/c9-3-1-4-11-8(12)7-6(10)2-5-13-7/h2,5H,1,3-4H2,(H,11,12). The summed E-state index contributed by atoms with van der Waals surface area (Å²) < 4.78 is 0. The van der Waals surface area contributed by atoms with Gasteiger partial charge in [-0.15, -0.1) is 22.9 Å². The molecule has 1 amide bonds. The Morgan fingerprint density at radius 1 is 1.62 bits per heavy atom. The molecule has 0 bridgehead atoms. The molecule has 0 radical (unpaired) electrons. The number of halogens is 2. The maximum absolute atomic E-state index is 11.4. The van der Waals surface area contributed by atoms with Crippen molar-refractivity contribution in [1.82, 2.24) is 5.32 Å². The lowest BCUT2D eigenvalue weighted by Gasteiger charge is -2.01. The molecule has 0 aliphatic heterocycles. The molecule has 1 rings (SSSR count). The van der Waals surface area contributed by atoms with Crippen LogP contribution in [0.5, 0.6) is 0 Å². The highest BCUT2D eigenvalue weighted by Crippen LogP contribution is 2.21. The SMILES string of the molecule is O=C(NCCCCl)c1sccc1Cl. The molecule has 0 saturated heterocycles. The van der Waals surface area contributed by atoms with Crippen molar-refractivity contribution in [2.45, 2.75) is 6.42 Å². The normalized spacial score (nSPS) is 10.0. The van der Waals surface area contributed by atoms with E-state index in [1.165, 1.54) is 11.3 Å². The van der Waals surface area contributed by atoms with Gasteiger partial charge < -0.3 is 5.32 Å². The summed E-state index contributed by atoms with van der Waals surface area (Å²) in [4.78, 5) is 11.9. The Morgan fingerprint density at radius 2 is 2.38 bits per heavy atom. The number of carbonyl (C=O) groups excluding carboxylic acids is 1. The molecule has 72 valence electrons. The van der Waals surface area contributed by atoms with Gasteiger partial charge in [0.25, 0.3) is 5.91 Å². The van der Waals surface area contributed by atoms with Gasteiger partial charge in [0.15, 0.2) is 0 Å². The first-order valence-electron chi connectivity index (χ1n) is 3.83. The molecule has 0 aliphatic carbocycles. The second kappa shape index (κ2) is 5.47. The quantitative estimate of drug-likeness (QED) is 0.634. The molecule has 13 heavy (non-hydrogen) atoms. The number of hydrogen-bond acceptors (Lipinski definition) is 2. The van der Waals surface area contributed by atoms with Crippen LogP contribution in [0.4, 0.5) is 0 Å². The molecule has 2 nitrogen and oxygen atoms in total. The monoisotopic (exact) mass is 237 g/mol. The van der Waals surface area contributed by atoms with Crippen molar-refractivity contribution in [2.75, 3.05) is 12.4 Å². The molecular formula is C8H9Cl2NOS. The van der Waals surface area contributed by atoms with E-state index in [1.807, 2.05) is 0 Å². The summed E-state index contributed by atoms with van der Waals surface area (Å²) in [5.41, 5.74) is 0. The fourth-order valence-electron chi connectivity index (χ4n) is 0.805. The second-order valence-electron chi connectivity index (χ2n) is 2.40. The van der Waals surface area contributed by atoms with Crippen LogP contribution in [0.25, 0.3) is 0 Å². The number of rotatable bonds is 4. The smallest absolute Gasteiger partial charge is 0.262 e. The first kappa shape index (κ1) is 10.8. The lowest BCUT2D eigenvalue weighted by molar-refractivity contribution is 0.0958. The van der Waals surface area contributed by atoms with Gasteiger partial charge >= 0.3 is 0 Å². The molecule has 5 heteroatoms. The van der Waals surface area contributed by atoms with E-state index in [9.17, 15) is 4.79 Å². The molecule has 0 fully saturated rings. The Kier molecular flexibility index (Phi) is 4.56. The highest BCUT2D eigenvalue weighted by atomic mass is 35.5. The van der Waals surface area contributed by atoms with Crippen LogP contribution in [0.15, 0.2) is 11.4 Å². The third-order valence-corrected chi connectivity index (χ3v) is 3.03. The Balaban J connectivity index is 2.45. The van der Waals surface area contributed by atoms with E-state index in [0.29, 0.717) is 22.3 Å². The number of amides is 1. The van der Waals surface area contributed by atoms with Crippen LogP contribution in [0.1, 0.15) is 16.1 Å². The van der Waals surface area contributed by atoms with Gasteiger partial charge in [-0.3, -0.25) is 4.79 Å². The molecule has 0 aromatic carbocycles. The van der Waals surface area contributed by atoms with Crippen LogP contribution in [0, 0.1) is 0 Å². The molecular weight excluding hydrogens is 229 g/mol.